The van der Waals surface area contributed by atoms with Gasteiger partial charge in [0.15, 0.2) is 0 Å². The second-order valence-corrected chi connectivity index (χ2v) is 9.72. The predicted octanol–water partition coefficient (Wildman–Crippen LogP) is 3.20. The summed E-state index contributed by atoms with van der Waals surface area (Å²) in [4.78, 5) is 18.7. The van der Waals surface area contributed by atoms with Crippen molar-refractivity contribution in [3.63, 3.8) is 0 Å². The summed E-state index contributed by atoms with van der Waals surface area (Å²) in [6.45, 7) is 6.51. The van der Waals surface area contributed by atoms with Crippen molar-refractivity contribution in [3.05, 3.63) is 58.9 Å². The minimum absolute atomic E-state index is 0.0981. The van der Waals surface area contributed by atoms with E-state index in [0.717, 1.165) is 16.6 Å². The number of carbonyl (C=O) groups is 1. The maximum Gasteiger partial charge on any atom is 0.253 e. The Morgan fingerprint density at radius 2 is 1.77 bits per heavy atom. The second-order valence-electron chi connectivity index (χ2n) is 7.71. The van der Waals surface area contributed by atoms with Crippen LogP contribution in [0.5, 0.6) is 0 Å². The molecule has 3 rings (SSSR count). The van der Waals surface area contributed by atoms with Crippen LogP contribution in [0.4, 0.5) is 0 Å². The van der Waals surface area contributed by atoms with Gasteiger partial charge >= 0.3 is 0 Å². The number of benzene rings is 2. The normalized spacial score (nSPS) is 12.0. The third kappa shape index (κ3) is 3.97. The fourth-order valence-electron chi connectivity index (χ4n) is 3.59. The largest absolute Gasteiger partial charge is 0.345 e. The van der Waals surface area contributed by atoms with Gasteiger partial charge in [-0.05, 0) is 50.6 Å². The summed E-state index contributed by atoms with van der Waals surface area (Å²) in [5, 5.41) is 0. The molecule has 0 N–H and O–H groups in total. The summed E-state index contributed by atoms with van der Waals surface area (Å²) in [5.41, 5.74) is 3.84. The third-order valence-corrected chi connectivity index (χ3v) is 7.14. The van der Waals surface area contributed by atoms with Crippen LogP contribution >= 0.6 is 0 Å². The fourth-order valence-corrected chi connectivity index (χ4v) is 4.91. The van der Waals surface area contributed by atoms with Gasteiger partial charge < -0.3 is 9.47 Å². The van der Waals surface area contributed by atoms with E-state index in [-0.39, 0.29) is 12.5 Å². The third-order valence-electron chi connectivity index (χ3n) is 5.18. The van der Waals surface area contributed by atoms with Crippen LogP contribution in [0.15, 0.2) is 41.3 Å². The maximum atomic E-state index is 13.1. The van der Waals surface area contributed by atoms with E-state index in [0.29, 0.717) is 28.3 Å². The highest BCUT2D eigenvalue weighted by molar-refractivity contribution is 7.89. The van der Waals surface area contributed by atoms with Gasteiger partial charge in [-0.15, -0.1) is 0 Å². The highest BCUT2D eigenvalue weighted by Crippen LogP contribution is 2.24. The monoisotopic (exact) mass is 428 g/mol. The van der Waals surface area contributed by atoms with Gasteiger partial charge in [0, 0.05) is 33.3 Å². The zero-order valence-electron chi connectivity index (χ0n) is 18.3. The number of rotatable bonds is 6. The summed E-state index contributed by atoms with van der Waals surface area (Å²) in [7, 11) is 1.31. The zero-order valence-corrected chi connectivity index (χ0v) is 19.1. The zero-order chi connectivity index (χ0) is 22.2. The molecule has 0 atom stereocenters. The Labute approximate surface area is 178 Å². The predicted molar refractivity (Wildman–Crippen MR) is 118 cm³/mol. The van der Waals surface area contributed by atoms with Crippen molar-refractivity contribution >= 4 is 27.0 Å². The molecule has 1 heterocycles. The van der Waals surface area contributed by atoms with E-state index >= 15 is 0 Å². The van der Waals surface area contributed by atoms with Gasteiger partial charge in [-0.25, -0.2) is 13.4 Å². The Bertz CT molecular complexity index is 1210. The molecule has 0 fully saturated rings. The molecule has 0 spiro atoms. The van der Waals surface area contributed by atoms with Crippen LogP contribution in [0.1, 0.15) is 34.2 Å². The topological polar surface area (TPSA) is 75.5 Å². The number of imidazole rings is 1. The number of aromatic nitrogens is 2. The quantitative estimate of drug-likeness (QED) is 0.604. The molecule has 0 aliphatic heterocycles. The number of hydrogen-bond donors (Lipinski definition) is 0. The summed E-state index contributed by atoms with van der Waals surface area (Å²) in [6, 6.07) is 10.7. The smallest absolute Gasteiger partial charge is 0.253 e. The van der Waals surface area contributed by atoms with E-state index in [4.69, 9.17) is 0 Å². The molecule has 8 heteroatoms. The van der Waals surface area contributed by atoms with Gasteiger partial charge in [0.2, 0.25) is 10.0 Å². The lowest BCUT2D eigenvalue weighted by Gasteiger charge is -2.19. The molecule has 0 aliphatic rings. The average molecular weight is 429 g/mol. The van der Waals surface area contributed by atoms with Crippen molar-refractivity contribution in [1.82, 2.24) is 18.8 Å². The van der Waals surface area contributed by atoms with Gasteiger partial charge in [0.25, 0.3) is 5.91 Å². The standard InChI is InChI=1S/C22H28N4O3S/c1-7-26-19-10-9-17(22(27)24(4)5)13-18(19)23-21(26)14-25(6)30(28,29)20-11-8-15(2)12-16(20)3/h8-13H,7,14H2,1-6H3. The molecule has 7 nitrogen and oxygen atoms in total. The Balaban J connectivity index is 1.98. The summed E-state index contributed by atoms with van der Waals surface area (Å²) < 4.78 is 29.6. The summed E-state index contributed by atoms with van der Waals surface area (Å²) >= 11 is 0. The number of hydrogen-bond acceptors (Lipinski definition) is 4. The van der Waals surface area contributed by atoms with E-state index in [2.05, 4.69) is 4.98 Å². The molecule has 0 saturated heterocycles. The number of nitrogens with zero attached hydrogens (tertiary/aromatic N) is 4. The minimum atomic E-state index is -3.66. The van der Waals surface area contributed by atoms with Crippen LogP contribution in [-0.2, 0) is 23.1 Å². The lowest BCUT2D eigenvalue weighted by Crippen LogP contribution is -2.28. The van der Waals surface area contributed by atoms with E-state index in [9.17, 15) is 13.2 Å². The van der Waals surface area contributed by atoms with Crippen LogP contribution in [-0.4, -0.2) is 54.2 Å². The van der Waals surface area contributed by atoms with Crippen molar-refractivity contribution in [1.29, 1.82) is 0 Å². The summed E-state index contributed by atoms with van der Waals surface area (Å²) in [5.74, 6) is 0.539. The second kappa shape index (κ2) is 8.20. The van der Waals surface area contributed by atoms with E-state index in [1.807, 2.05) is 30.5 Å². The first-order valence-electron chi connectivity index (χ1n) is 9.80. The molecule has 1 aromatic heterocycles. The van der Waals surface area contributed by atoms with E-state index < -0.39 is 10.0 Å². The molecule has 0 aliphatic carbocycles. The molecule has 0 saturated carbocycles. The molecule has 0 unspecified atom stereocenters. The highest BCUT2D eigenvalue weighted by Gasteiger charge is 2.25. The van der Waals surface area contributed by atoms with Gasteiger partial charge in [-0.2, -0.15) is 4.31 Å². The first kappa shape index (κ1) is 22.0. The molecular weight excluding hydrogens is 400 g/mol. The van der Waals surface area contributed by atoms with Crippen LogP contribution in [0.2, 0.25) is 0 Å². The number of aryl methyl sites for hydroxylation is 3. The van der Waals surface area contributed by atoms with Gasteiger partial charge in [-0.3, -0.25) is 4.79 Å². The number of sulfonamides is 1. The first-order valence-corrected chi connectivity index (χ1v) is 11.2. The van der Waals surface area contributed by atoms with Crippen LogP contribution in [0, 0.1) is 13.8 Å². The molecule has 1 amide bonds. The average Bonchev–Trinajstić information content (AvgIpc) is 3.02. The van der Waals surface area contributed by atoms with Crippen molar-refractivity contribution in [3.8, 4) is 0 Å². The van der Waals surface area contributed by atoms with Crippen molar-refractivity contribution in [2.45, 2.75) is 38.8 Å². The molecule has 30 heavy (non-hydrogen) atoms. The molecule has 160 valence electrons. The molecule has 0 bridgehead atoms. The lowest BCUT2D eigenvalue weighted by molar-refractivity contribution is 0.0827. The van der Waals surface area contributed by atoms with Crippen LogP contribution in [0.25, 0.3) is 11.0 Å². The summed E-state index contributed by atoms with van der Waals surface area (Å²) in [6.07, 6.45) is 0. The fraction of sp³-hybridized carbons (Fsp3) is 0.364. The highest BCUT2D eigenvalue weighted by atomic mass is 32.2. The number of fused-ring (bicyclic) bond motifs is 1. The van der Waals surface area contributed by atoms with E-state index in [1.165, 1.54) is 9.21 Å². The maximum absolute atomic E-state index is 13.1. The molecule has 3 aromatic rings. The number of amides is 1. The van der Waals surface area contributed by atoms with Crippen LogP contribution in [0.3, 0.4) is 0 Å². The molecular formula is C22H28N4O3S. The first-order chi connectivity index (χ1) is 14.1. The van der Waals surface area contributed by atoms with Crippen LogP contribution < -0.4 is 0 Å². The minimum Gasteiger partial charge on any atom is -0.345 e. The van der Waals surface area contributed by atoms with Crippen molar-refractivity contribution < 1.29 is 13.2 Å². The van der Waals surface area contributed by atoms with Crippen molar-refractivity contribution in [2.24, 2.45) is 0 Å². The Morgan fingerprint density at radius 3 is 2.37 bits per heavy atom. The SMILES string of the molecule is CCn1c(CN(C)S(=O)(=O)c2ccc(C)cc2C)nc2cc(C(=O)N(C)C)ccc21. The number of carbonyl (C=O) groups excluding carboxylic acids is 1. The van der Waals surface area contributed by atoms with Gasteiger partial charge in [0.05, 0.1) is 22.5 Å². The Kier molecular flexibility index (Phi) is 6.01. The molecule has 0 radical (unpaired) electrons. The lowest BCUT2D eigenvalue weighted by atomic mass is 10.2. The van der Waals surface area contributed by atoms with Gasteiger partial charge in [-0.1, -0.05) is 17.7 Å². The molecule has 2 aromatic carbocycles. The van der Waals surface area contributed by atoms with E-state index in [1.54, 1.807) is 52.3 Å². The Morgan fingerprint density at radius 1 is 1.07 bits per heavy atom. The van der Waals surface area contributed by atoms with Gasteiger partial charge in [0.1, 0.15) is 5.82 Å². The van der Waals surface area contributed by atoms with Crippen molar-refractivity contribution in [2.75, 3.05) is 21.1 Å². The Hall–Kier alpha value is -2.71.